The van der Waals surface area contributed by atoms with Crippen molar-refractivity contribution in [1.29, 1.82) is 0 Å². The molecule has 0 fully saturated rings. The van der Waals surface area contributed by atoms with Gasteiger partial charge in [0.1, 0.15) is 0 Å². The summed E-state index contributed by atoms with van der Waals surface area (Å²) >= 11 is 1.32. The van der Waals surface area contributed by atoms with Crippen LogP contribution < -0.4 is 5.56 Å². The van der Waals surface area contributed by atoms with Gasteiger partial charge in [-0.3, -0.25) is 9.59 Å². The molecule has 1 rings (SSSR count). The molecule has 0 aliphatic rings. The summed E-state index contributed by atoms with van der Waals surface area (Å²) in [5.74, 6) is -0.373. The normalized spacial score (nSPS) is 10.0. The first kappa shape index (κ1) is 11.8. The molecule has 0 aromatic carbocycles. The Morgan fingerprint density at radius 1 is 1.67 bits per heavy atom. The molecule has 0 aliphatic heterocycles. The highest BCUT2D eigenvalue weighted by atomic mass is 32.2. The summed E-state index contributed by atoms with van der Waals surface area (Å²) in [6.45, 7) is 2.06. The van der Waals surface area contributed by atoms with Crippen LogP contribution in [0.2, 0.25) is 0 Å². The minimum absolute atomic E-state index is 0.0331. The Labute approximate surface area is 91.3 Å². The predicted molar refractivity (Wildman–Crippen MR) is 57.0 cm³/mol. The number of H-pyrrole nitrogens is 1. The lowest BCUT2D eigenvalue weighted by atomic mass is 10.3. The van der Waals surface area contributed by atoms with Gasteiger partial charge in [0, 0.05) is 6.07 Å². The minimum Gasteiger partial charge on any atom is -0.466 e. The number of rotatable bonds is 4. The van der Waals surface area contributed by atoms with Gasteiger partial charge in [0.25, 0.3) is 5.56 Å². The number of aromatic nitrogens is 2. The summed E-state index contributed by atoms with van der Waals surface area (Å²) in [4.78, 5) is 28.9. The van der Waals surface area contributed by atoms with E-state index in [0.717, 1.165) is 0 Å². The number of hydrogen-bond acceptors (Lipinski definition) is 5. The molecule has 0 amide bonds. The highest BCUT2D eigenvalue weighted by molar-refractivity contribution is 7.98. The van der Waals surface area contributed by atoms with Gasteiger partial charge in [0.15, 0.2) is 5.16 Å². The predicted octanol–water partition coefficient (Wildman–Crippen LogP) is 0.597. The molecule has 0 unspecified atom stereocenters. The Morgan fingerprint density at radius 3 is 3.00 bits per heavy atom. The first-order valence-corrected chi connectivity index (χ1v) is 5.68. The molecule has 1 heterocycles. The van der Waals surface area contributed by atoms with Crippen molar-refractivity contribution in [3.63, 3.8) is 0 Å². The van der Waals surface area contributed by atoms with Gasteiger partial charge in [-0.2, -0.15) is 0 Å². The molecule has 0 saturated carbocycles. The van der Waals surface area contributed by atoms with Crippen LogP contribution >= 0.6 is 11.8 Å². The Balaban J connectivity index is 2.81. The maximum atomic E-state index is 11.1. The third-order valence-corrected chi connectivity index (χ3v) is 2.18. The van der Waals surface area contributed by atoms with Gasteiger partial charge in [-0.05, 0) is 13.2 Å². The lowest BCUT2D eigenvalue weighted by molar-refractivity contribution is -0.142. The van der Waals surface area contributed by atoms with Gasteiger partial charge in [-0.1, -0.05) is 11.8 Å². The minimum atomic E-state index is -0.373. The van der Waals surface area contributed by atoms with Crippen molar-refractivity contribution in [3.05, 3.63) is 22.1 Å². The average molecular weight is 228 g/mol. The van der Waals surface area contributed by atoms with E-state index in [1.165, 1.54) is 17.8 Å². The molecule has 6 heteroatoms. The second-order valence-electron chi connectivity index (χ2n) is 2.73. The van der Waals surface area contributed by atoms with E-state index in [4.69, 9.17) is 4.74 Å². The molecule has 0 spiro atoms. The van der Waals surface area contributed by atoms with Crippen LogP contribution in [0, 0.1) is 0 Å². The average Bonchev–Trinajstić information content (AvgIpc) is 2.17. The fourth-order valence-electron chi connectivity index (χ4n) is 1.03. The Kier molecular flexibility index (Phi) is 4.36. The highest BCUT2D eigenvalue weighted by Crippen LogP contribution is 2.06. The van der Waals surface area contributed by atoms with Gasteiger partial charge >= 0.3 is 5.97 Å². The van der Waals surface area contributed by atoms with Gasteiger partial charge in [-0.15, -0.1) is 0 Å². The Bertz CT molecular complexity index is 403. The zero-order valence-corrected chi connectivity index (χ0v) is 9.39. The maximum absolute atomic E-state index is 11.1. The van der Waals surface area contributed by atoms with Gasteiger partial charge < -0.3 is 9.72 Å². The number of carbonyl (C=O) groups is 1. The Hall–Kier alpha value is -1.30. The van der Waals surface area contributed by atoms with Crippen LogP contribution in [0.1, 0.15) is 12.6 Å². The molecule has 15 heavy (non-hydrogen) atoms. The molecule has 0 saturated heterocycles. The largest absolute Gasteiger partial charge is 0.466 e. The molecule has 0 bridgehead atoms. The third-order valence-electron chi connectivity index (χ3n) is 1.60. The fourth-order valence-corrected chi connectivity index (χ4v) is 1.44. The molecule has 82 valence electrons. The van der Waals surface area contributed by atoms with E-state index < -0.39 is 0 Å². The molecule has 5 nitrogen and oxygen atoms in total. The number of nitrogens with one attached hydrogen (secondary N) is 1. The number of hydrogen-bond donors (Lipinski definition) is 1. The standard InChI is InChI=1S/C9H12N2O3S/c1-3-14-8(13)5-6-4-7(12)11-9(10-6)15-2/h4H,3,5H2,1-2H3,(H,10,11,12). The van der Waals surface area contributed by atoms with Crippen molar-refractivity contribution in [3.8, 4) is 0 Å². The molecule has 1 aromatic rings. The summed E-state index contributed by atoms with van der Waals surface area (Å²) in [5, 5.41) is 0.502. The molecular formula is C9H12N2O3S. The van der Waals surface area contributed by atoms with E-state index in [1.807, 2.05) is 0 Å². The smallest absolute Gasteiger partial charge is 0.311 e. The van der Waals surface area contributed by atoms with E-state index in [0.29, 0.717) is 17.5 Å². The second-order valence-corrected chi connectivity index (χ2v) is 3.52. The van der Waals surface area contributed by atoms with Gasteiger partial charge in [-0.25, -0.2) is 4.98 Å². The number of thioether (sulfide) groups is 1. The Morgan fingerprint density at radius 2 is 2.40 bits per heavy atom. The number of ether oxygens (including phenoxy) is 1. The highest BCUT2D eigenvalue weighted by Gasteiger charge is 2.07. The van der Waals surface area contributed by atoms with E-state index in [1.54, 1.807) is 13.2 Å². The van der Waals surface area contributed by atoms with E-state index in [2.05, 4.69) is 9.97 Å². The van der Waals surface area contributed by atoms with Crippen molar-refractivity contribution < 1.29 is 9.53 Å². The van der Waals surface area contributed by atoms with E-state index in [9.17, 15) is 9.59 Å². The van der Waals surface area contributed by atoms with Crippen LogP contribution in [-0.4, -0.2) is 28.8 Å². The van der Waals surface area contributed by atoms with Crippen molar-refractivity contribution in [2.45, 2.75) is 18.5 Å². The monoisotopic (exact) mass is 228 g/mol. The second kappa shape index (κ2) is 5.55. The van der Waals surface area contributed by atoms with Crippen LogP contribution in [-0.2, 0) is 16.0 Å². The molecule has 0 aliphatic carbocycles. The van der Waals surface area contributed by atoms with Gasteiger partial charge in [0.05, 0.1) is 18.7 Å². The number of aromatic amines is 1. The summed E-state index contributed by atoms with van der Waals surface area (Å²) in [6, 6.07) is 1.30. The molecule has 1 aromatic heterocycles. The molecular weight excluding hydrogens is 216 g/mol. The number of nitrogens with zero attached hydrogens (tertiary/aromatic N) is 1. The first-order valence-electron chi connectivity index (χ1n) is 4.45. The number of carbonyl (C=O) groups excluding carboxylic acids is 1. The van der Waals surface area contributed by atoms with Crippen LogP contribution in [0.25, 0.3) is 0 Å². The molecule has 0 atom stereocenters. The van der Waals surface area contributed by atoms with Gasteiger partial charge in [0.2, 0.25) is 0 Å². The number of esters is 1. The van der Waals surface area contributed by atoms with Crippen LogP contribution in [0.5, 0.6) is 0 Å². The van der Waals surface area contributed by atoms with Crippen molar-refractivity contribution in [2.75, 3.05) is 12.9 Å². The van der Waals surface area contributed by atoms with Crippen LogP contribution in [0.15, 0.2) is 16.0 Å². The van der Waals surface area contributed by atoms with Crippen molar-refractivity contribution in [1.82, 2.24) is 9.97 Å². The SMILES string of the molecule is CCOC(=O)Cc1cc(=O)[nH]c(SC)n1. The summed E-state index contributed by atoms with van der Waals surface area (Å²) in [6.07, 6.45) is 1.83. The molecule has 0 radical (unpaired) electrons. The van der Waals surface area contributed by atoms with Crippen molar-refractivity contribution >= 4 is 17.7 Å². The van der Waals surface area contributed by atoms with Crippen LogP contribution in [0.3, 0.4) is 0 Å². The third kappa shape index (κ3) is 3.75. The summed E-state index contributed by atoms with van der Waals surface area (Å²) in [5.41, 5.74) is 0.176. The summed E-state index contributed by atoms with van der Waals surface area (Å²) in [7, 11) is 0. The lowest BCUT2D eigenvalue weighted by Crippen LogP contribution is -2.14. The molecule has 1 N–H and O–H groups in total. The fraction of sp³-hybridized carbons (Fsp3) is 0.444. The first-order chi connectivity index (χ1) is 7.15. The van der Waals surface area contributed by atoms with E-state index in [-0.39, 0.29) is 17.9 Å². The lowest BCUT2D eigenvalue weighted by Gasteiger charge is -2.02. The van der Waals surface area contributed by atoms with Crippen LogP contribution in [0.4, 0.5) is 0 Å². The zero-order valence-electron chi connectivity index (χ0n) is 8.57. The zero-order chi connectivity index (χ0) is 11.3. The topological polar surface area (TPSA) is 72.1 Å². The summed E-state index contributed by atoms with van der Waals surface area (Å²) < 4.78 is 4.76. The quantitative estimate of drug-likeness (QED) is 0.464. The van der Waals surface area contributed by atoms with E-state index >= 15 is 0 Å². The van der Waals surface area contributed by atoms with Crippen molar-refractivity contribution in [2.24, 2.45) is 0 Å². The maximum Gasteiger partial charge on any atom is 0.311 e.